The quantitative estimate of drug-likeness (QED) is 0.836. The largest absolute Gasteiger partial charge is 0.387 e. The van der Waals surface area contributed by atoms with E-state index >= 15 is 0 Å². The molecule has 1 aromatic carbocycles. The minimum atomic E-state index is -0.500. The highest BCUT2D eigenvalue weighted by molar-refractivity contribution is 5.32. The highest BCUT2D eigenvalue weighted by Crippen LogP contribution is 2.29. The van der Waals surface area contributed by atoms with E-state index in [9.17, 15) is 5.11 Å². The zero-order valence-electron chi connectivity index (χ0n) is 10.8. The molecule has 2 unspecified atom stereocenters. The zero-order valence-corrected chi connectivity index (χ0v) is 10.8. The van der Waals surface area contributed by atoms with Crippen LogP contribution in [0.15, 0.2) is 24.3 Å². The molecule has 0 saturated heterocycles. The third kappa shape index (κ3) is 3.10. The van der Waals surface area contributed by atoms with Crippen molar-refractivity contribution in [2.75, 3.05) is 6.54 Å². The molecule has 0 bridgehead atoms. The van der Waals surface area contributed by atoms with Crippen LogP contribution in [-0.4, -0.2) is 17.7 Å². The smallest absolute Gasteiger partial charge is 0.0991 e. The van der Waals surface area contributed by atoms with Crippen LogP contribution in [0, 0.1) is 17.2 Å². The third-order valence-corrected chi connectivity index (χ3v) is 3.91. The maximum Gasteiger partial charge on any atom is 0.0991 e. The van der Waals surface area contributed by atoms with Gasteiger partial charge in [0.1, 0.15) is 0 Å². The van der Waals surface area contributed by atoms with Crippen molar-refractivity contribution in [3.63, 3.8) is 0 Å². The fraction of sp³-hybridized carbons (Fsp3) is 0.533. The summed E-state index contributed by atoms with van der Waals surface area (Å²) < 4.78 is 0. The van der Waals surface area contributed by atoms with Crippen molar-refractivity contribution in [1.82, 2.24) is 5.32 Å². The number of benzene rings is 1. The van der Waals surface area contributed by atoms with E-state index < -0.39 is 6.10 Å². The number of nitriles is 1. The number of hydrogen-bond acceptors (Lipinski definition) is 3. The van der Waals surface area contributed by atoms with Gasteiger partial charge in [0.15, 0.2) is 0 Å². The second-order valence-corrected chi connectivity index (χ2v) is 5.14. The van der Waals surface area contributed by atoms with Crippen molar-refractivity contribution in [2.45, 2.75) is 38.3 Å². The molecular formula is C15H20N2O. The van der Waals surface area contributed by atoms with Gasteiger partial charge in [0.2, 0.25) is 0 Å². The fourth-order valence-corrected chi connectivity index (χ4v) is 2.30. The molecular weight excluding hydrogens is 224 g/mol. The van der Waals surface area contributed by atoms with E-state index in [0.717, 1.165) is 11.5 Å². The predicted octanol–water partition coefficient (Wildman–Crippen LogP) is 2.37. The number of aliphatic hydroxyl groups excluding tert-OH is 1. The average Bonchev–Trinajstić information content (AvgIpc) is 2.34. The molecule has 1 aromatic rings. The van der Waals surface area contributed by atoms with E-state index in [4.69, 9.17) is 5.26 Å². The molecule has 0 aromatic heterocycles. The number of nitrogens with one attached hydrogen (secondary N) is 1. The van der Waals surface area contributed by atoms with Gasteiger partial charge in [-0.1, -0.05) is 18.6 Å². The van der Waals surface area contributed by atoms with E-state index in [1.54, 1.807) is 12.1 Å². The topological polar surface area (TPSA) is 56.0 Å². The Bertz CT molecular complexity index is 417. The lowest BCUT2D eigenvalue weighted by Gasteiger charge is -2.32. The normalized spacial score (nSPS) is 18.7. The number of hydrogen-bond donors (Lipinski definition) is 2. The first-order chi connectivity index (χ1) is 8.70. The zero-order chi connectivity index (χ0) is 13.0. The molecule has 0 aliphatic heterocycles. The Morgan fingerprint density at radius 2 is 2.06 bits per heavy atom. The van der Waals surface area contributed by atoms with Gasteiger partial charge in [-0.05, 0) is 43.4 Å². The summed E-state index contributed by atoms with van der Waals surface area (Å²) in [6.45, 7) is 2.76. The molecule has 2 N–H and O–H groups in total. The van der Waals surface area contributed by atoms with Crippen LogP contribution < -0.4 is 5.32 Å². The Balaban J connectivity index is 1.82. The molecule has 0 spiro atoms. The van der Waals surface area contributed by atoms with E-state index in [1.165, 1.54) is 19.3 Å². The lowest BCUT2D eigenvalue weighted by molar-refractivity contribution is 0.155. The van der Waals surface area contributed by atoms with Gasteiger partial charge in [-0.15, -0.1) is 0 Å². The Hall–Kier alpha value is -1.37. The van der Waals surface area contributed by atoms with Gasteiger partial charge in [0, 0.05) is 12.6 Å². The summed E-state index contributed by atoms with van der Waals surface area (Å²) in [7, 11) is 0. The Kier molecular flexibility index (Phi) is 4.35. The van der Waals surface area contributed by atoms with E-state index in [0.29, 0.717) is 18.2 Å². The molecule has 96 valence electrons. The van der Waals surface area contributed by atoms with Crippen LogP contribution in [0.4, 0.5) is 0 Å². The summed E-state index contributed by atoms with van der Waals surface area (Å²) in [5.41, 5.74) is 1.49. The first-order valence-electron chi connectivity index (χ1n) is 6.62. The van der Waals surface area contributed by atoms with Gasteiger partial charge in [-0.2, -0.15) is 5.26 Å². The maximum absolute atomic E-state index is 10.1. The van der Waals surface area contributed by atoms with Crippen LogP contribution in [0.1, 0.15) is 43.4 Å². The maximum atomic E-state index is 10.1. The number of aliphatic hydroxyl groups is 1. The van der Waals surface area contributed by atoms with Gasteiger partial charge in [-0.25, -0.2) is 0 Å². The molecule has 1 aliphatic rings. The van der Waals surface area contributed by atoms with E-state index in [2.05, 4.69) is 18.3 Å². The fourth-order valence-electron chi connectivity index (χ4n) is 2.30. The second kappa shape index (κ2) is 5.99. The number of rotatable bonds is 5. The SMILES string of the molecule is CC(NCC(O)c1ccc(C#N)cc1)C1CCC1. The van der Waals surface area contributed by atoms with Crippen LogP contribution in [0.5, 0.6) is 0 Å². The molecule has 1 saturated carbocycles. The Morgan fingerprint density at radius 1 is 1.39 bits per heavy atom. The van der Waals surface area contributed by atoms with E-state index in [-0.39, 0.29) is 0 Å². The molecule has 1 aliphatic carbocycles. The molecule has 3 nitrogen and oxygen atoms in total. The van der Waals surface area contributed by atoms with Crippen LogP contribution in [-0.2, 0) is 0 Å². The van der Waals surface area contributed by atoms with Crippen molar-refractivity contribution in [1.29, 1.82) is 5.26 Å². The Morgan fingerprint density at radius 3 is 2.56 bits per heavy atom. The second-order valence-electron chi connectivity index (χ2n) is 5.14. The van der Waals surface area contributed by atoms with Crippen molar-refractivity contribution in [3.8, 4) is 6.07 Å². The molecule has 18 heavy (non-hydrogen) atoms. The molecule has 1 fully saturated rings. The highest BCUT2D eigenvalue weighted by Gasteiger charge is 2.23. The molecule has 0 heterocycles. The van der Waals surface area contributed by atoms with E-state index in [1.807, 2.05) is 12.1 Å². The van der Waals surface area contributed by atoms with Crippen molar-refractivity contribution in [3.05, 3.63) is 35.4 Å². The molecule has 2 rings (SSSR count). The van der Waals surface area contributed by atoms with Crippen LogP contribution in [0.25, 0.3) is 0 Å². The lowest BCUT2D eigenvalue weighted by atomic mass is 9.80. The Labute approximate surface area is 108 Å². The highest BCUT2D eigenvalue weighted by atomic mass is 16.3. The standard InChI is InChI=1S/C15H20N2O/c1-11(13-3-2-4-13)17-10-15(18)14-7-5-12(9-16)6-8-14/h5-8,11,13,15,17-18H,2-4,10H2,1H3. The summed E-state index contributed by atoms with van der Waals surface area (Å²) in [6.07, 6.45) is 3.46. The van der Waals surface area contributed by atoms with Crippen molar-refractivity contribution < 1.29 is 5.11 Å². The van der Waals surface area contributed by atoms with Gasteiger partial charge in [0.05, 0.1) is 17.7 Å². The summed E-state index contributed by atoms with van der Waals surface area (Å²) in [5.74, 6) is 0.776. The summed E-state index contributed by atoms with van der Waals surface area (Å²) in [5, 5.41) is 22.2. The van der Waals surface area contributed by atoms with Gasteiger partial charge in [0.25, 0.3) is 0 Å². The molecule has 0 amide bonds. The summed E-state index contributed by atoms with van der Waals surface area (Å²) >= 11 is 0. The first kappa shape index (κ1) is 13.1. The van der Waals surface area contributed by atoms with Crippen molar-refractivity contribution >= 4 is 0 Å². The lowest BCUT2D eigenvalue weighted by Crippen LogP contribution is -2.39. The first-order valence-corrected chi connectivity index (χ1v) is 6.62. The van der Waals surface area contributed by atoms with Crippen LogP contribution in [0.3, 0.4) is 0 Å². The number of nitrogens with zero attached hydrogens (tertiary/aromatic N) is 1. The van der Waals surface area contributed by atoms with Crippen LogP contribution in [0.2, 0.25) is 0 Å². The minimum Gasteiger partial charge on any atom is -0.387 e. The minimum absolute atomic E-state index is 0.479. The third-order valence-electron chi connectivity index (χ3n) is 3.91. The molecule has 0 radical (unpaired) electrons. The summed E-state index contributed by atoms with van der Waals surface area (Å²) in [6, 6.07) is 9.68. The van der Waals surface area contributed by atoms with Gasteiger partial charge < -0.3 is 10.4 Å². The van der Waals surface area contributed by atoms with Crippen molar-refractivity contribution in [2.24, 2.45) is 5.92 Å². The summed E-state index contributed by atoms with van der Waals surface area (Å²) in [4.78, 5) is 0. The molecule has 3 heteroatoms. The molecule has 2 atom stereocenters. The predicted molar refractivity (Wildman–Crippen MR) is 70.9 cm³/mol. The average molecular weight is 244 g/mol. The van der Waals surface area contributed by atoms with Gasteiger partial charge in [-0.3, -0.25) is 0 Å². The van der Waals surface area contributed by atoms with Gasteiger partial charge >= 0.3 is 0 Å². The monoisotopic (exact) mass is 244 g/mol. The van der Waals surface area contributed by atoms with Crippen LogP contribution >= 0.6 is 0 Å².